The number of anilines is 1. The molecule has 0 radical (unpaired) electrons. The molecule has 5 heteroatoms. The fraction of sp³-hybridized carbons (Fsp3) is 0.357. The molecule has 2 rings (SSSR count). The highest BCUT2D eigenvalue weighted by atomic mass is 32.2. The average molecular weight is 278 g/mol. The van der Waals surface area contributed by atoms with Crippen molar-refractivity contribution in [3.63, 3.8) is 0 Å². The molecular weight excluding hydrogens is 258 g/mol. The summed E-state index contributed by atoms with van der Waals surface area (Å²) in [5.74, 6) is 0.852. The van der Waals surface area contributed by atoms with Crippen molar-refractivity contribution in [3.8, 4) is 0 Å². The predicted molar refractivity (Wildman–Crippen MR) is 80.8 cm³/mol. The van der Waals surface area contributed by atoms with Gasteiger partial charge in [0.2, 0.25) is 0 Å². The molecule has 0 aliphatic rings. The van der Waals surface area contributed by atoms with Crippen molar-refractivity contribution < 1.29 is 4.18 Å². The van der Waals surface area contributed by atoms with Gasteiger partial charge in [0, 0.05) is 12.6 Å². The van der Waals surface area contributed by atoms with Crippen LogP contribution in [0.15, 0.2) is 30.3 Å². The van der Waals surface area contributed by atoms with E-state index >= 15 is 0 Å². The lowest BCUT2D eigenvalue weighted by Crippen LogP contribution is -2.18. The van der Waals surface area contributed by atoms with Crippen LogP contribution in [0.5, 0.6) is 0 Å². The maximum absolute atomic E-state index is 5.56. The number of nitrogens with zero attached hydrogens (tertiary/aromatic N) is 2. The van der Waals surface area contributed by atoms with E-state index < -0.39 is 0 Å². The lowest BCUT2D eigenvalue weighted by Gasteiger charge is -2.06. The lowest BCUT2D eigenvalue weighted by atomic mass is 10.2. The standard InChI is InChI=1S/C14H20N3OS/c1-11-14(12(2)17(3)15-11)16-19(18-4)10-13-8-6-5-7-9-13/h5-9,16H,10H2,1-4H3/q+1. The van der Waals surface area contributed by atoms with Gasteiger partial charge < -0.3 is 0 Å². The van der Waals surface area contributed by atoms with Crippen molar-refractivity contribution in [2.24, 2.45) is 7.05 Å². The van der Waals surface area contributed by atoms with Crippen molar-refractivity contribution in [1.29, 1.82) is 0 Å². The van der Waals surface area contributed by atoms with E-state index in [2.05, 4.69) is 28.9 Å². The quantitative estimate of drug-likeness (QED) is 0.855. The van der Waals surface area contributed by atoms with Crippen LogP contribution in [0.4, 0.5) is 5.69 Å². The zero-order chi connectivity index (χ0) is 13.8. The number of hydrogen-bond donors (Lipinski definition) is 1. The fourth-order valence-electron chi connectivity index (χ4n) is 1.90. The molecule has 0 spiro atoms. The summed E-state index contributed by atoms with van der Waals surface area (Å²) in [7, 11) is 3.69. The van der Waals surface area contributed by atoms with Gasteiger partial charge in [-0.1, -0.05) is 30.3 Å². The first-order valence-electron chi connectivity index (χ1n) is 6.18. The minimum absolute atomic E-state index is 0.344. The second-order valence-corrected chi connectivity index (χ2v) is 5.93. The summed E-state index contributed by atoms with van der Waals surface area (Å²) in [6.07, 6.45) is 0. The molecule has 4 nitrogen and oxygen atoms in total. The van der Waals surface area contributed by atoms with E-state index in [0.29, 0.717) is 0 Å². The molecule has 1 unspecified atom stereocenters. The maximum atomic E-state index is 5.56. The molecule has 0 saturated heterocycles. The minimum Gasteiger partial charge on any atom is -0.270 e. The Bertz CT molecular complexity index is 539. The number of aryl methyl sites for hydroxylation is 2. The normalized spacial score (nSPS) is 12.4. The zero-order valence-corrected chi connectivity index (χ0v) is 12.6. The first-order valence-corrected chi connectivity index (χ1v) is 7.50. The molecule has 0 saturated carbocycles. The van der Waals surface area contributed by atoms with Gasteiger partial charge in [-0.3, -0.25) is 4.68 Å². The summed E-state index contributed by atoms with van der Waals surface area (Å²) >= 11 is -0.344. The van der Waals surface area contributed by atoms with Crippen molar-refractivity contribution in [2.75, 3.05) is 11.8 Å². The molecule has 2 aromatic rings. The van der Waals surface area contributed by atoms with E-state index in [4.69, 9.17) is 4.18 Å². The van der Waals surface area contributed by atoms with E-state index in [9.17, 15) is 0 Å². The molecule has 1 aromatic carbocycles. The Morgan fingerprint density at radius 3 is 2.47 bits per heavy atom. The van der Waals surface area contributed by atoms with E-state index in [1.807, 2.05) is 36.9 Å². The summed E-state index contributed by atoms with van der Waals surface area (Å²) in [5.41, 5.74) is 4.46. The van der Waals surface area contributed by atoms with Crippen LogP contribution in [-0.2, 0) is 28.3 Å². The highest BCUT2D eigenvalue weighted by molar-refractivity contribution is 7.92. The number of aromatic nitrogens is 2. The molecule has 1 aromatic heterocycles. The molecule has 1 atom stereocenters. The minimum atomic E-state index is -0.344. The summed E-state index contributed by atoms with van der Waals surface area (Å²) < 4.78 is 10.9. The average Bonchev–Trinajstić information content (AvgIpc) is 2.65. The van der Waals surface area contributed by atoms with Crippen LogP contribution in [0, 0.1) is 13.8 Å². The van der Waals surface area contributed by atoms with E-state index in [1.54, 1.807) is 7.11 Å². The summed E-state index contributed by atoms with van der Waals surface area (Å²) in [5, 5.41) is 4.41. The summed E-state index contributed by atoms with van der Waals surface area (Å²) in [6.45, 7) is 4.07. The molecule has 1 N–H and O–H groups in total. The Labute approximate surface area is 117 Å². The Balaban J connectivity index is 2.11. The molecule has 0 aliphatic heterocycles. The topological polar surface area (TPSA) is 39.1 Å². The Kier molecular flexibility index (Phi) is 4.50. The molecular formula is C14H20N3OS+. The highest BCUT2D eigenvalue weighted by Crippen LogP contribution is 2.22. The molecule has 102 valence electrons. The Morgan fingerprint density at radius 1 is 1.26 bits per heavy atom. The smallest absolute Gasteiger partial charge is 0.269 e. The first-order chi connectivity index (χ1) is 9.11. The number of nitrogens with one attached hydrogen (secondary N) is 1. The van der Waals surface area contributed by atoms with Gasteiger partial charge in [-0.25, -0.2) is 0 Å². The van der Waals surface area contributed by atoms with Crippen LogP contribution in [0.25, 0.3) is 0 Å². The van der Waals surface area contributed by atoms with E-state index in [-0.39, 0.29) is 11.4 Å². The summed E-state index contributed by atoms with van der Waals surface area (Å²) in [6, 6.07) is 10.4. The Morgan fingerprint density at radius 2 is 1.95 bits per heavy atom. The van der Waals surface area contributed by atoms with Crippen LogP contribution in [0.3, 0.4) is 0 Å². The van der Waals surface area contributed by atoms with Crippen molar-refractivity contribution in [3.05, 3.63) is 47.3 Å². The van der Waals surface area contributed by atoms with Crippen LogP contribution in [-0.4, -0.2) is 16.9 Å². The molecule has 19 heavy (non-hydrogen) atoms. The van der Waals surface area contributed by atoms with Gasteiger partial charge in [-0.05, 0) is 13.8 Å². The van der Waals surface area contributed by atoms with E-state index in [1.165, 1.54) is 5.56 Å². The van der Waals surface area contributed by atoms with Gasteiger partial charge in [-0.15, -0.1) is 0 Å². The number of rotatable bonds is 5. The van der Waals surface area contributed by atoms with Gasteiger partial charge in [0.05, 0.1) is 18.5 Å². The maximum Gasteiger partial charge on any atom is 0.269 e. The van der Waals surface area contributed by atoms with E-state index in [0.717, 1.165) is 22.8 Å². The van der Waals surface area contributed by atoms with Crippen molar-refractivity contribution >= 4 is 17.0 Å². The number of benzene rings is 1. The van der Waals surface area contributed by atoms with Gasteiger partial charge in [0.15, 0.2) is 5.75 Å². The second-order valence-electron chi connectivity index (χ2n) is 4.41. The predicted octanol–water partition coefficient (Wildman–Crippen LogP) is 2.74. The molecule has 0 amide bonds. The summed E-state index contributed by atoms with van der Waals surface area (Å²) in [4.78, 5) is 0. The lowest BCUT2D eigenvalue weighted by molar-refractivity contribution is 0.475. The third kappa shape index (κ3) is 3.30. The number of hydrogen-bond acceptors (Lipinski definition) is 3. The second kappa shape index (κ2) is 6.12. The highest BCUT2D eigenvalue weighted by Gasteiger charge is 2.24. The van der Waals surface area contributed by atoms with Gasteiger partial charge in [-0.2, -0.15) is 14.0 Å². The van der Waals surface area contributed by atoms with Gasteiger partial charge in [0.1, 0.15) is 5.69 Å². The zero-order valence-electron chi connectivity index (χ0n) is 11.8. The molecule has 0 bridgehead atoms. The van der Waals surface area contributed by atoms with Gasteiger partial charge >= 0.3 is 0 Å². The molecule has 0 fully saturated rings. The first kappa shape index (κ1) is 14.0. The van der Waals surface area contributed by atoms with Gasteiger partial charge in [0.25, 0.3) is 11.4 Å². The monoisotopic (exact) mass is 278 g/mol. The third-order valence-corrected chi connectivity index (χ3v) is 4.50. The SMILES string of the molecule is CO[S+](Cc1ccccc1)Nc1c(C)nn(C)c1C. The van der Waals surface area contributed by atoms with Crippen LogP contribution < -0.4 is 4.72 Å². The van der Waals surface area contributed by atoms with Crippen LogP contribution in [0.2, 0.25) is 0 Å². The van der Waals surface area contributed by atoms with Crippen LogP contribution in [0.1, 0.15) is 17.0 Å². The Hall–Kier alpha value is -1.46. The van der Waals surface area contributed by atoms with Crippen LogP contribution >= 0.6 is 0 Å². The third-order valence-electron chi connectivity index (χ3n) is 3.07. The van der Waals surface area contributed by atoms with Crippen molar-refractivity contribution in [1.82, 2.24) is 9.78 Å². The fourth-order valence-corrected chi connectivity index (χ4v) is 3.19. The molecule has 1 heterocycles. The molecule has 0 aliphatic carbocycles. The largest absolute Gasteiger partial charge is 0.270 e. The van der Waals surface area contributed by atoms with Crippen molar-refractivity contribution in [2.45, 2.75) is 19.6 Å².